The maximum Gasteiger partial charge on any atom is 0.272 e. The van der Waals surface area contributed by atoms with Crippen LogP contribution in [-0.2, 0) is 0 Å². The van der Waals surface area contributed by atoms with E-state index >= 15 is 0 Å². The van der Waals surface area contributed by atoms with Gasteiger partial charge in [0.05, 0.1) is 27.5 Å². The van der Waals surface area contributed by atoms with Gasteiger partial charge in [-0.3, -0.25) is 4.79 Å². The number of para-hydroxylation sites is 1. The van der Waals surface area contributed by atoms with Crippen molar-refractivity contribution in [1.82, 2.24) is 10.4 Å². The molecule has 8 heteroatoms. The molecule has 0 aliphatic rings. The van der Waals surface area contributed by atoms with Crippen LogP contribution in [0.1, 0.15) is 22.8 Å². The van der Waals surface area contributed by atoms with E-state index in [4.69, 9.17) is 34.8 Å². The molecule has 1 aromatic heterocycles. The Morgan fingerprint density at radius 2 is 1.66 bits per heavy atom. The Kier molecular flexibility index (Phi) is 6.33. The molecule has 0 spiro atoms. The van der Waals surface area contributed by atoms with Gasteiger partial charge in [0.2, 0.25) is 0 Å². The van der Waals surface area contributed by atoms with Crippen LogP contribution in [0.5, 0.6) is 5.75 Å². The normalized spacial score (nSPS) is 11.6. The van der Waals surface area contributed by atoms with Crippen LogP contribution in [-0.4, -0.2) is 21.7 Å². The van der Waals surface area contributed by atoms with Crippen molar-refractivity contribution in [2.45, 2.75) is 6.92 Å². The number of hydrazone groups is 1. The Balaban J connectivity index is 1.74. The van der Waals surface area contributed by atoms with Gasteiger partial charge in [-0.1, -0.05) is 71.2 Å². The van der Waals surface area contributed by atoms with Crippen LogP contribution >= 0.6 is 34.8 Å². The quantitative estimate of drug-likeness (QED) is 0.249. The fourth-order valence-corrected chi connectivity index (χ4v) is 3.99. The summed E-state index contributed by atoms with van der Waals surface area (Å²) in [7, 11) is 0. The van der Waals surface area contributed by atoms with E-state index in [9.17, 15) is 9.90 Å². The van der Waals surface area contributed by atoms with Crippen LogP contribution in [0, 0.1) is 0 Å². The monoisotopic (exact) mass is 483 g/mol. The Morgan fingerprint density at radius 1 is 0.938 bits per heavy atom. The number of pyridine rings is 1. The largest absolute Gasteiger partial charge is 0.506 e. The van der Waals surface area contributed by atoms with E-state index in [1.165, 1.54) is 12.1 Å². The zero-order valence-corrected chi connectivity index (χ0v) is 19.0. The van der Waals surface area contributed by atoms with Crippen molar-refractivity contribution in [1.29, 1.82) is 0 Å². The van der Waals surface area contributed by atoms with E-state index in [1.807, 2.05) is 42.5 Å². The van der Waals surface area contributed by atoms with Gasteiger partial charge in [0, 0.05) is 26.6 Å². The molecule has 4 rings (SSSR count). The minimum Gasteiger partial charge on any atom is -0.506 e. The summed E-state index contributed by atoms with van der Waals surface area (Å²) >= 11 is 18.3. The smallest absolute Gasteiger partial charge is 0.272 e. The van der Waals surface area contributed by atoms with Gasteiger partial charge in [0.1, 0.15) is 5.75 Å². The van der Waals surface area contributed by atoms with E-state index in [0.717, 1.165) is 0 Å². The molecule has 32 heavy (non-hydrogen) atoms. The molecule has 0 saturated carbocycles. The van der Waals surface area contributed by atoms with Crippen molar-refractivity contribution in [2.75, 3.05) is 0 Å². The van der Waals surface area contributed by atoms with Crippen LogP contribution in [0.25, 0.3) is 22.2 Å². The second kappa shape index (κ2) is 9.17. The van der Waals surface area contributed by atoms with Crippen molar-refractivity contribution >= 4 is 57.3 Å². The highest BCUT2D eigenvalue weighted by atomic mass is 35.5. The molecule has 0 aliphatic heterocycles. The third-order valence-electron chi connectivity index (χ3n) is 4.85. The molecule has 4 aromatic rings. The number of aromatic hydroxyl groups is 1. The molecule has 0 unspecified atom stereocenters. The Bertz CT molecular complexity index is 1390. The molecular weight excluding hydrogens is 469 g/mol. The summed E-state index contributed by atoms with van der Waals surface area (Å²) in [6.45, 7) is 1.63. The zero-order valence-electron chi connectivity index (χ0n) is 16.7. The first-order valence-electron chi connectivity index (χ1n) is 9.53. The van der Waals surface area contributed by atoms with E-state index in [-0.39, 0.29) is 10.8 Å². The summed E-state index contributed by atoms with van der Waals surface area (Å²) < 4.78 is 0. The van der Waals surface area contributed by atoms with Gasteiger partial charge in [0.25, 0.3) is 5.91 Å². The highest BCUT2D eigenvalue weighted by Crippen LogP contribution is 2.32. The number of nitrogens with zero attached hydrogens (tertiary/aromatic N) is 2. The Morgan fingerprint density at radius 3 is 2.44 bits per heavy atom. The lowest BCUT2D eigenvalue weighted by atomic mass is 10.0. The molecule has 0 radical (unpaired) electrons. The van der Waals surface area contributed by atoms with Crippen LogP contribution < -0.4 is 5.43 Å². The minimum atomic E-state index is -0.441. The van der Waals surface area contributed by atoms with Gasteiger partial charge in [-0.25, -0.2) is 10.4 Å². The summed E-state index contributed by atoms with van der Waals surface area (Å²) in [5.74, 6) is -0.606. The molecule has 0 aliphatic carbocycles. The first-order chi connectivity index (χ1) is 15.3. The number of halogens is 3. The molecule has 160 valence electrons. The fourth-order valence-electron chi connectivity index (χ4n) is 3.27. The molecule has 3 aromatic carbocycles. The number of fused-ring (bicyclic) bond motifs is 1. The van der Waals surface area contributed by atoms with E-state index in [1.54, 1.807) is 19.1 Å². The lowest BCUT2D eigenvalue weighted by molar-refractivity contribution is 0.0956. The van der Waals surface area contributed by atoms with Gasteiger partial charge in [-0.2, -0.15) is 5.10 Å². The summed E-state index contributed by atoms with van der Waals surface area (Å²) in [6, 6.07) is 19.2. The molecule has 0 saturated heterocycles. The fraction of sp³-hybridized carbons (Fsp3) is 0.0417. The molecule has 2 N–H and O–H groups in total. The molecular formula is C24H16Cl3N3O2. The number of amides is 1. The van der Waals surface area contributed by atoms with Crippen molar-refractivity contribution in [3.63, 3.8) is 0 Å². The highest BCUT2D eigenvalue weighted by Gasteiger charge is 2.16. The second-order valence-corrected chi connectivity index (χ2v) is 8.22. The predicted octanol–water partition coefficient (Wildman–Crippen LogP) is 6.72. The first kappa shape index (κ1) is 22.1. The van der Waals surface area contributed by atoms with Crippen LogP contribution in [0.15, 0.2) is 71.8 Å². The van der Waals surface area contributed by atoms with Gasteiger partial charge in [0.15, 0.2) is 0 Å². The third kappa shape index (κ3) is 4.41. The standard InChI is InChI=1S/C24H16Cl3N3O2/c1-13(17-10-14(25)11-20(27)23(17)31)29-30-24(32)18-12-22(16-7-2-4-8-19(16)26)28-21-9-5-3-6-15(18)21/h2-12,31H,1H3,(H,30,32). The van der Waals surface area contributed by atoms with Gasteiger partial charge < -0.3 is 5.11 Å². The number of benzene rings is 3. The van der Waals surface area contributed by atoms with Crippen LogP contribution in [0.4, 0.5) is 0 Å². The Labute approximate surface area is 199 Å². The number of nitrogens with one attached hydrogen (secondary N) is 1. The molecule has 0 bridgehead atoms. The van der Waals surface area contributed by atoms with Gasteiger partial charge >= 0.3 is 0 Å². The van der Waals surface area contributed by atoms with Gasteiger partial charge in [-0.15, -0.1) is 0 Å². The van der Waals surface area contributed by atoms with Crippen molar-refractivity contribution in [3.05, 3.63) is 92.9 Å². The summed E-state index contributed by atoms with van der Waals surface area (Å²) in [4.78, 5) is 17.7. The minimum absolute atomic E-state index is 0.0953. The summed E-state index contributed by atoms with van der Waals surface area (Å²) in [5, 5.41) is 16.0. The van der Waals surface area contributed by atoms with Crippen molar-refractivity contribution in [3.8, 4) is 17.0 Å². The predicted molar refractivity (Wildman–Crippen MR) is 130 cm³/mol. The topological polar surface area (TPSA) is 74.6 Å². The average molecular weight is 485 g/mol. The average Bonchev–Trinajstić information content (AvgIpc) is 2.79. The molecule has 1 heterocycles. The first-order valence-corrected chi connectivity index (χ1v) is 10.7. The highest BCUT2D eigenvalue weighted by molar-refractivity contribution is 6.36. The number of aromatic nitrogens is 1. The summed E-state index contributed by atoms with van der Waals surface area (Å²) in [6.07, 6.45) is 0. The third-order valence-corrected chi connectivity index (χ3v) is 5.69. The summed E-state index contributed by atoms with van der Waals surface area (Å²) in [5.41, 5.74) is 5.51. The number of carbonyl (C=O) groups excluding carboxylic acids is 1. The second-order valence-electron chi connectivity index (χ2n) is 6.97. The lowest BCUT2D eigenvalue weighted by Gasteiger charge is -2.11. The lowest BCUT2D eigenvalue weighted by Crippen LogP contribution is -2.20. The number of carbonyl (C=O) groups is 1. The number of hydrogen-bond donors (Lipinski definition) is 2. The van der Waals surface area contributed by atoms with Crippen LogP contribution in [0.3, 0.4) is 0 Å². The molecule has 1 amide bonds. The number of phenolic OH excluding ortho intramolecular Hbond substituents is 1. The van der Waals surface area contributed by atoms with E-state index in [0.29, 0.717) is 49.0 Å². The van der Waals surface area contributed by atoms with Gasteiger partial charge in [-0.05, 0) is 37.3 Å². The van der Waals surface area contributed by atoms with E-state index < -0.39 is 5.91 Å². The molecule has 0 fully saturated rings. The SMILES string of the molecule is CC(=NNC(=O)c1cc(-c2ccccc2Cl)nc2ccccc12)c1cc(Cl)cc(Cl)c1O. The number of hydrogen-bond acceptors (Lipinski definition) is 4. The van der Waals surface area contributed by atoms with Crippen molar-refractivity contribution in [2.24, 2.45) is 5.10 Å². The van der Waals surface area contributed by atoms with E-state index in [2.05, 4.69) is 15.5 Å². The maximum atomic E-state index is 13.1. The molecule has 5 nitrogen and oxygen atoms in total. The molecule has 0 atom stereocenters. The number of phenols is 1. The zero-order chi connectivity index (χ0) is 22.8. The van der Waals surface area contributed by atoms with Crippen LogP contribution in [0.2, 0.25) is 15.1 Å². The Hall–Kier alpha value is -3.12. The maximum absolute atomic E-state index is 13.1. The van der Waals surface area contributed by atoms with Crippen molar-refractivity contribution < 1.29 is 9.90 Å². The number of rotatable bonds is 4.